The number of aromatic nitrogens is 1. The Morgan fingerprint density at radius 1 is 1.09 bits per heavy atom. The van der Waals surface area contributed by atoms with Crippen LogP contribution in [0.3, 0.4) is 0 Å². The Hall–Kier alpha value is -2.31. The number of hydrogen-bond donors (Lipinski definition) is 2. The summed E-state index contributed by atoms with van der Waals surface area (Å²) in [5.41, 5.74) is 5.85. The molecule has 2 rings (SSSR count). The lowest BCUT2D eigenvalue weighted by molar-refractivity contribution is -0.136. The molecule has 2 aromatic rings. The van der Waals surface area contributed by atoms with Crippen molar-refractivity contribution in [1.82, 2.24) is 4.57 Å². The zero-order valence-electron chi connectivity index (χ0n) is 11.8. The first kappa shape index (κ1) is 17.1. The fourth-order valence-electron chi connectivity index (χ4n) is 2.12. The van der Waals surface area contributed by atoms with Crippen molar-refractivity contribution >= 4 is 35.1 Å². The van der Waals surface area contributed by atoms with Crippen LogP contribution in [0.5, 0.6) is 0 Å². The zero-order valence-corrected chi connectivity index (χ0v) is 13.3. The van der Waals surface area contributed by atoms with Gasteiger partial charge in [-0.3, -0.25) is 19.0 Å². The molecule has 0 aliphatic carbocycles. The summed E-state index contributed by atoms with van der Waals surface area (Å²) >= 11 is 11.7. The largest absolute Gasteiger partial charge is 0.481 e. The van der Waals surface area contributed by atoms with Gasteiger partial charge in [0.15, 0.2) is 0 Å². The van der Waals surface area contributed by atoms with Gasteiger partial charge in [-0.1, -0.05) is 47.5 Å². The second kappa shape index (κ2) is 6.85. The van der Waals surface area contributed by atoms with Crippen LogP contribution in [0.25, 0.3) is 0 Å². The summed E-state index contributed by atoms with van der Waals surface area (Å²) in [6.45, 7) is 0.0325. The van der Waals surface area contributed by atoms with Gasteiger partial charge in [0.25, 0.3) is 11.5 Å². The van der Waals surface area contributed by atoms with Crippen molar-refractivity contribution < 1.29 is 14.7 Å². The summed E-state index contributed by atoms with van der Waals surface area (Å²) in [5, 5.41) is 8.61. The van der Waals surface area contributed by atoms with Crippen molar-refractivity contribution in [3.8, 4) is 0 Å². The molecule has 1 amide bonds. The molecule has 0 saturated heterocycles. The molecular formula is C15H12Cl2N2O4. The van der Waals surface area contributed by atoms with Crippen molar-refractivity contribution in [1.29, 1.82) is 0 Å². The predicted octanol–water partition coefficient (Wildman–Crippen LogP) is 1.93. The average Bonchev–Trinajstić information content (AvgIpc) is 2.45. The number of primary amides is 1. The van der Waals surface area contributed by atoms with E-state index >= 15 is 0 Å². The van der Waals surface area contributed by atoms with Crippen LogP contribution in [0.15, 0.2) is 35.1 Å². The number of carboxylic acid groups (broad SMARTS) is 1. The van der Waals surface area contributed by atoms with Crippen molar-refractivity contribution in [3.05, 3.63) is 67.6 Å². The molecule has 0 atom stereocenters. The number of nitrogens with zero attached hydrogens (tertiary/aromatic N) is 1. The van der Waals surface area contributed by atoms with Crippen LogP contribution in [0, 0.1) is 0 Å². The van der Waals surface area contributed by atoms with Gasteiger partial charge in [-0.2, -0.15) is 0 Å². The van der Waals surface area contributed by atoms with Gasteiger partial charge >= 0.3 is 5.97 Å². The lowest BCUT2D eigenvalue weighted by atomic mass is 10.1. The highest BCUT2D eigenvalue weighted by atomic mass is 35.5. The van der Waals surface area contributed by atoms with E-state index in [0.29, 0.717) is 11.1 Å². The van der Waals surface area contributed by atoms with Crippen molar-refractivity contribution in [2.45, 2.75) is 13.0 Å². The van der Waals surface area contributed by atoms with E-state index in [4.69, 9.17) is 34.0 Å². The van der Waals surface area contributed by atoms with Crippen LogP contribution >= 0.6 is 23.2 Å². The number of amides is 1. The quantitative estimate of drug-likeness (QED) is 0.855. The predicted molar refractivity (Wildman–Crippen MR) is 86.1 cm³/mol. The van der Waals surface area contributed by atoms with E-state index in [0.717, 1.165) is 4.57 Å². The third-order valence-corrected chi connectivity index (χ3v) is 3.71. The molecule has 8 heteroatoms. The second-order valence-electron chi connectivity index (χ2n) is 4.83. The van der Waals surface area contributed by atoms with Crippen LogP contribution in [-0.4, -0.2) is 21.6 Å². The van der Waals surface area contributed by atoms with E-state index in [-0.39, 0.29) is 28.7 Å². The number of carbonyl (C=O) groups is 2. The Balaban J connectivity index is 2.42. The monoisotopic (exact) mass is 354 g/mol. The molecule has 120 valence electrons. The molecule has 3 N–H and O–H groups in total. The van der Waals surface area contributed by atoms with Crippen LogP contribution < -0.4 is 11.3 Å². The van der Waals surface area contributed by atoms with Gasteiger partial charge in [0, 0.05) is 0 Å². The molecule has 1 heterocycles. The van der Waals surface area contributed by atoms with Crippen molar-refractivity contribution in [2.24, 2.45) is 5.73 Å². The Morgan fingerprint density at radius 3 is 2.17 bits per heavy atom. The molecule has 0 radical (unpaired) electrons. The number of aliphatic carboxylic acids is 1. The lowest BCUT2D eigenvalue weighted by Gasteiger charge is -2.13. The number of nitrogens with two attached hydrogens (primary N) is 1. The summed E-state index contributed by atoms with van der Waals surface area (Å²) in [6.07, 6.45) is -0.101. The van der Waals surface area contributed by atoms with E-state index in [1.165, 1.54) is 6.07 Å². The molecule has 0 fully saturated rings. The van der Waals surface area contributed by atoms with Gasteiger partial charge in [-0.25, -0.2) is 0 Å². The molecule has 0 spiro atoms. The molecule has 0 unspecified atom stereocenters. The maximum Gasteiger partial charge on any atom is 0.307 e. The first-order chi connectivity index (χ1) is 10.8. The third kappa shape index (κ3) is 3.91. The summed E-state index contributed by atoms with van der Waals surface area (Å²) in [6, 6.07) is 7.75. The molecule has 0 aliphatic heterocycles. The second-order valence-corrected chi connectivity index (χ2v) is 5.65. The highest BCUT2D eigenvalue weighted by molar-refractivity contribution is 6.36. The van der Waals surface area contributed by atoms with Crippen molar-refractivity contribution in [2.75, 3.05) is 0 Å². The molecule has 23 heavy (non-hydrogen) atoms. The first-order valence-corrected chi connectivity index (χ1v) is 7.23. The molecule has 1 aromatic heterocycles. The topological polar surface area (TPSA) is 102 Å². The zero-order chi connectivity index (χ0) is 17.1. The Kier molecular flexibility index (Phi) is 5.08. The van der Waals surface area contributed by atoms with Crippen molar-refractivity contribution in [3.63, 3.8) is 0 Å². The van der Waals surface area contributed by atoms with Crippen LogP contribution in [0.4, 0.5) is 0 Å². The summed E-state index contributed by atoms with van der Waals surface area (Å²) in [4.78, 5) is 34.3. The fraction of sp³-hybridized carbons (Fsp3) is 0.133. The number of carbonyl (C=O) groups excluding carboxylic acids is 1. The minimum Gasteiger partial charge on any atom is -0.481 e. The highest BCUT2D eigenvalue weighted by Crippen LogP contribution is 2.19. The van der Waals surface area contributed by atoms with Gasteiger partial charge in [-0.15, -0.1) is 0 Å². The minimum atomic E-state index is -0.938. The van der Waals surface area contributed by atoms with Gasteiger partial charge < -0.3 is 10.8 Å². The molecule has 0 saturated carbocycles. The third-order valence-electron chi connectivity index (χ3n) is 3.15. The van der Waals surface area contributed by atoms with Gasteiger partial charge in [-0.05, 0) is 17.2 Å². The van der Waals surface area contributed by atoms with Crippen LogP contribution in [0.2, 0.25) is 10.0 Å². The lowest BCUT2D eigenvalue weighted by Crippen LogP contribution is -2.30. The van der Waals surface area contributed by atoms with E-state index in [9.17, 15) is 14.4 Å². The standard InChI is InChI=1S/C15H12Cl2N2O4/c16-10-6-11(17)15(23)19(13(10)14(18)22)7-9-3-1-8(2-4-9)5-12(20)21/h1-4,6H,5,7H2,(H2,18,22)(H,20,21). The molecule has 1 aromatic carbocycles. The highest BCUT2D eigenvalue weighted by Gasteiger charge is 2.17. The average molecular weight is 355 g/mol. The maximum atomic E-state index is 12.1. The number of rotatable bonds is 5. The van der Waals surface area contributed by atoms with E-state index in [1.54, 1.807) is 24.3 Å². The Labute approximate surface area is 141 Å². The summed E-state index contributed by atoms with van der Waals surface area (Å²) in [5.74, 6) is -1.78. The van der Waals surface area contributed by atoms with Gasteiger partial charge in [0.05, 0.1) is 18.0 Å². The SMILES string of the molecule is NC(=O)c1c(Cl)cc(Cl)c(=O)n1Cc1ccc(CC(=O)O)cc1. The molecule has 6 nitrogen and oxygen atoms in total. The molecular weight excluding hydrogens is 343 g/mol. The van der Waals surface area contributed by atoms with Crippen LogP contribution in [-0.2, 0) is 17.8 Å². The number of halogens is 2. The van der Waals surface area contributed by atoms with Gasteiger partial charge in [0.1, 0.15) is 10.7 Å². The number of hydrogen-bond acceptors (Lipinski definition) is 3. The minimum absolute atomic E-state index is 0.00963. The van der Waals surface area contributed by atoms with E-state index in [2.05, 4.69) is 0 Å². The fourth-order valence-corrected chi connectivity index (χ4v) is 2.69. The molecule has 0 aliphatic rings. The Morgan fingerprint density at radius 2 is 1.65 bits per heavy atom. The van der Waals surface area contributed by atoms with Crippen LogP contribution in [0.1, 0.15) is 21.6 Å². The summed E-state index contributed by atoms with van der Waals surface area (Å²) < 4.78 is 1.10. The number of benzene rings is 1. The normalized spacial score (nSPS) is 10.5. The Bertz CT molecular complexity index is 829. The first-order valence-electron chi connectivity index (χ1n) is 6.48. The maximum absolute atomic E-state index is 12.1. The van der Waals surface area contributed by atoms with E-state index in [1.807, 2.05) is 0 Å². The van der Waals surface area contributed by atoms with E-state index < -0.39 is 17.4 Å². The molecule has 0 bridgehead atoms. The van der Waals surface area contributed by atoms with Gasteiger partial charge in [0.2, 0.25) is 0 Å². The summed E-state index contributed by atoms with van der Waals surface area (Å²) in [7, 11) is 0. The number of carboxylic acids is 1. The smallest absolute Gasteiger partial charge is 0.307 e. The number of pyridine rings is 1.